The number of amides is 1. The lowest BCUT2D eigenvalue weighted by atomic mass is 9.99. The minimum atomic E-state index is -0.814. The molecule has 2 aromatic rings. The van der Waals surface area contributed by atoms with Crippen LogP contribution < -0.4 is 5.32 Å². The van der Waals surface area contributed by atoms with Crippen LogP contribution in [0.4, 0.5) is 4.39 Å². The molecule has 1 aromatic carbocycles. The lowest BCUT2D eigenvalue weighted by molar-refractivity contribution is -0.147. The van der Waals surface area contributed by atoms with Crippen LogP contribution in [0.1, 0.15) is 35.5 Å². The zero-order valence-electron chi connectivity index (χ0n) is 15.6. The van der Waals surface area contributed by atoms with E-state index in [1.54, 1.807) is 19.1 Å². The van der Waals surface area contributed by atoms with Gasteiger partial charge in [0.25, 0.3) is 5.91 Å². The molecule has 27 heavy (non-hydrogen) atoms. The average molecular weight is 395 g/mol. The summed E-state index contributed by atoms with van der Waals surface area (Å²) >= 11 is 1.11. The summed E-state index contributed by atoms with van der Waals surface area (Å²) in [7, 11) is 1.24. The molecule has 0 aliphatic rings. The van der Waals surface area contributed by atoms with E-state index >= 15 is 0 Å². The Bertz CT molecular complexity index is 863. The van der Waals surface area contributed by atoms with Gasteiger partial charge in [-0.05, 0) is 30.5 Å². The van der Waals surface area contributed by atoms with Crippen LogP contribution in [0, 0.1) is 18.7 Å². The molecule has 1 heterocycles. The van der Waals surface area contributed by atoms with Crippen molar-refractivity contribution in [1.29, 1.82) is 0 Å². The Labute approximate surface area is 160 Å². The maximum absolute atomic E-state index is 13.9. The first kappa shape index (κ1) is 20.8. The summed E-state index contributed by atoms with van der Waals surface area (Å²) in [6.07, 6.45) is 0.659. The van der Waals surface area contributed by atoms with Crippen molar-refractivity contribution in [2.24, 2.45) is 5.92 Å². The Morgan fingerprint density at radius 1 is 1.30 bits per heavy atom. The number of rotatable bonds is 7. The van der Waals surface area contributed by atoms with Gasteiger partial charge in [-0.25, -0.2) is 14.0 Å². The predicted octanol–water partition coefficient (Wildman–Crippen LogP) is 3.21. The zero-order chi connectivity index (χ0) is 20.1. The Morgan fingerprint density at radius 3 is 2.59 bits per heavy atom. The fourth-order valence-electron chi connectivity index (χ4n) is 2.66. The number of hydrogen-bond donors (Lipinski definition) is 1. The maximum atomic E-state index is 13.9. The normalized spacial score (nSPS) is 13.1. The number of carbonyl (C=O) groups excluding carboxylic acids is 3. The number of halogens is 1. The number of aryl methyl sites for hydroxylation is 1. The molecule has 146 valence electrons. The van der Waals surface area contributed by atoms with E-state index in [2.05, 4.69) is 5.32 Å². The third kappa shape index (κ3) is 4.63. The molecule has 0 bridgehead atoms. The van der Waals surface area contributed by atoms with Gasteiger partial charge in [0, 0.05) is 10.1 Å². The Hall–Kier alpha value is -2.48. The van der Waals surface area contributed by atoms with Crippen molar-refractivity contribution in [2.45, 2.75) is 33.2 Å². The van der Waals surface area contributed by atoms with Gasteiger partial charge >= 0.3 is 11.9 Å². The number of hydrogen-bond acceptors (Lipinski definition) is 6. The molecule has 1 N–H and O–H groups in total. The molecule has 0 fully saturated rings. The predicted molar refractivity (Wildman–Crippen MR) is 100 cm³/mol. The van der Waals surface area contributed by atoms with E-state index < -0.39 is 36.3 Å². The number of methoxy groups -OCH3 is 1. The second kappa shape index (κ2) is 8.94. The fourth-order valence-corrected chi connectivity index (χ4v) is 3.77. The van der Waals surface area contributed by atoms with Crippen molar-refractivity contribution in [2.75, 3.05) is 13.7 Å². The highest BCUT2D eigenvalue weighted by molar-refractivity contribution is 7.21. The van der Waals surface area contributed by atoms with E-state index in [-0.39, 0.29) is 10.8 Å². The highest BCUT2D eigenvalue weighted by Gasteiger charge is 2.27. The van der Waals surface area contributed by atoms with Crippen LogP contribution in [0.15, 0.2) is 18.2 Å². The number of nitrogens with one attached hydrogen (secondary N) is 1. The second-order valence-corrected chi connectivity index (χ2v) is 7.25. The summed E-state index contributed by atoms with van der Waals surface area (Å²) < 4.78 is 24.3. The van der Waals surface area contributed by atoms with E-state index in [4.69, 9.17) is 9.47 Å². The van der Waals surface area contributed by atoms with Gasteiger partial charge in [-0.2, -0.15) is 0 Å². The van der Waals surface area contributed by atoms with Crippen LogP contribution in [-0.4, -0.2) is 37.6 Å². The van der Waals surface area contributed by atoms with Gasteiger partial charge in [0.2, 0.25) is 0 Å². The molecule has 0 radical (unpaired) electrons. The van der Waals surface area contributed by atoms with Crippen LogP contribution in [0.25, 0.3) is 10.1 Å². The summed E-state index contributed by atoms with van der Waals surface area (Å²) in [6.45, 7) is 4.78. The van der Waals surface area contributed by atoms with E-state index in [0.717, 1.165) is 11.3 Å². The van der Waals surface area contributed by atoms with E-state index in [0.29, 0.717) is 22.1 Å². The monoisotopic (exact) mass is 395 g/mol. The van der Waals surface area contributed by atoms with Crippen LogP contribution in [0.5, 0.6) is 0 Å². The molecular weight excluding hydrogens is 373 g/mol. The molecule has 0 spiro atoms. The molecule has 0 aliphatic carbocycles. The topological polar surface area (TPSA) is 81.7 Å². The van der Waals surface area contributed by atoms with Crippen molar-refractivity contribution >= 4 is 39.3 Å². The molecule has 6 nitrogen and oxygen atoms in total. The Balaban J connectivity index is 2.05. The number of thiophene rings is 1. The molecule has 0 aliphatic heterocycles. The summed E-state index contributed by atoms with van der Waals surface area (Å²) in [5.41, 5.74) is 0.477. The largest absolute Gasteiger partial charge is 0.467 e. The standard InChI is InChI=1S/C19H22FNO5S/c1-5-10(2)16(18(23)25-4)21-14(22)9-26-19(24)17-11(3)15-12(20)7-6-8-13(15)27-17/h6-8,10,16H,5,9H2,1-4H3,(H,21,22)/t10-,16-/m1/s1. The SMILES string of the molecule is CC[C@@H](C)[C@@H](NC(=O)COC(=O)c1sc2cccc(F)c2c1C)C(=O)OC. The van der Waals surface area contributed by atoms with E-state index in [9.17, 15) is 18.8 Å². The lowest BCUT2D eigenvalue weighted by Gasteiger charge is -2.21. The van der Waals surface area contributed by atoms with Crippen LogP contribution in [-0.2, 0) is 19.1 Å². The molecule has 8 heteroatoms. The molecular formula is C19H22FNO5S. The number of carbonyl (C=O) groups is 3. The van der Waals surface area contributed by atoms with Crippen molar-refractivity contribution in [3.05, 3.63) is 34.5 Å². The van der Waals surface area contributed by atoms with Crippen LogP contribution in [0.3, 0.4) is 0 Å². The first-order valence-electron chi connectivity index (χ1n) is 8.52. The average Bonchev–Trinajstić information content (AvgIpc) is 3.00. The van der Waals surface area contributed by atoms with Crippen molar-refractivity contribution in [3.63, 3.8) is 0 Å². The Morgan fingerprint density at radius 2 is 2.00 bits per heavy atom. The highest BCUT2D eigenvalue weighted by atomic mass is 32.1. The van der Waals surface area contributed by atoms with Gasteiger partial charge in [-0.3, -0.25) is 4.79 Å². The van der Waals surface area contributed by atoms with Gasteiger partial charge in [0.15, 0.2) is 6.61 Å². The molecule has 0 saturated carbocycles. The maximum Gasteiger partial charge on any atom is 0.349 e. The zero-order valence-corrected chi connectivity index (χ0v) is 16.4. The van der Waals surface area contributed by atoms with Crippen molar-refractivity contribution < 1.29 is 28.2 Å². The third-order valence-corrected chi connectivity index (χ3v) is 5.64. The quantitative estimate of drug-likeness (QED) is 0.728. The first-order chi connectivity index (χ1) is 12.8. The third-order valence-electron chi connectivity index (χ3n) is 4.41. The summed E-state index contributed by atoms with van der Waals surface area (Å²) in [6, 6.07) is 3.79. The molecule has 0 unspecified atom stereocenters. The second-order valence-electron chi connectivity index (χ2n) is 6.20. The summed E-state index contributed by atoms with van der Waals surface area (Å²) in [4.78, 5) is 36.4. The number of fused-ring (bicyclic) bond motifs is 1. The van der Waals surface area contributed by atoms with Crippen LogP contribution >= 0.6 is 11.3 Å². The smallest absolute Gasteiger partial charge is 0.349 e. The van der Waals surface area contributed by atoms with Crippen LogP contribution in [0.2, 0.25) is 0 Å². The summed E-state index contributed by atoms with van der Waals surface area (Å²) in [5, 5.41) is 2.90. The van der Waals surface area contributed by atoms with Crippen molar-refractivity contribution in [1.82, 2.24) is 5.32 Å². The molecule has 2 atom stereocenters. The van der Waals surface area contributed by atoms with Gasteiger partial charge in [-0.1, -0.05) is 26.3 Å². The minimum Gasteiger partial charge on any atom is -0.467 e. The van der Waals surface area contributed by atoms with Gasteiger partial charge in [0.05, 0.1) is 7.11 Å². The first-order valence-corrected chi connectivity index (χ1v) is 9.33. The number of benzene rings is 1. The van der Waals surface area contributed by atoms with Gasteiger partial charge in [0.1, 0.15) is 16.7 Å². The molecule has 1 aromatic heterocycles. The van der Waals surface area contributed by atoms with Gasteiger partial charge in [-0.15, -0.1) is 11.3 Å². The minimum absolute atomic E-state index is 0.134. The summed E-state index contributed by atoms with van der Waals surface area (Å²) in [5.74, 6) is -2.41. The molecule has 0 saturated heterocycles. The fraction of sp³-hybridized carbons (Fsp3) is 0.421. The lowest BCUT2D eigenvalue weighted by Crippen LogP contribution is -2.47. The van der Waals surface area contributed by atoms with E-state index in [1.807, 2.05) is 13.8 Å². The van der Waals surface area contributed by atoms with Crippen molar-refractivity contribution in [3.8, 4) is 0 Å². The Kier molecular flexibility index (Phi) is 6.90. The van der Waals surface area contributed by atoms with Gasteiger partial charge < -0.3 is 14.8 Å². The number of esters is 2. The number of ether oxygens (including phenoxy) is 2. The molecule has 1 amide bonds. The van der Waals surface area contributed by atoms with E-state index in [1.165, 1.54) is 13.2 Å². The molecule has 2 rings (SSSR count). The highest BCUT2D eigenvalue weighted by Crippen LogP contribution is 2.32.